The molecule has 1 saturated heterocycles. The fourth-order valence-electron chi connectivity index (χ4n) is 3.22. The maximum Gasteiger partial charge on any atom is 0.257 e. The number of carbonyl (C=O) groups is 1. The number of pyridine rings is 1. The zero-order valence-electron chi connectivity index (χ0n) is 15.9. The minimum Gasteiger partial charge on any atom is -0.472 e. The first-order valence-corrected chi connectivity index (χ1v) is 9.20. The molecule has 1 N–H and O–H groups in total. The number of furan rings is 1. The lowest BCUT2D eigenvalue weighted by Crippen LogP contribution is -2.49. The third-order valence-corrected chi connectivity index (χ3v) is 4.66. The van der Waals surface area contributed by atoms with Gasteiger partial charge in [0.25, 0.3) is 5.91 Å². The van der Waals surface area contributed by atoms with Gasteiger partial charge in [-0.2, -0.15) is 0 Å². The summed E-state index contributed by atoms with van der Waals surface area (Å²) in [5.41, 5.74) is 1.71. The van der Waals surface area contributed by atoms with Gasteiger partial charge in [-0.05, 0) is 37.6 Å². The molecule has 0 spiro atoms. The Hall–Kier alpha value is -3.42. The highest BCUT2D eigenvalue weighted by atomic mass is 16.3. The largest absolute Gasteiger partial charge is 0.472 e. The molecule has 0 aromatic carbocycles. The summed E-state index contributed by atoms with van der Waals surface area (Å²) in [6.45, 7) is 6.58. The number of piperazine rings is 1. The molecule has 144 valence electrons. The summed E-state index contributed by atoms with van der Waals surface area (Å²) >= 11 is 0. The molecule has 4 rings (SSSR count). The van der Waals surface area contributed by atoms with Crippen molar-refractivity contribution < 1.29 is 9.21 Å². The molecule has 0 unspecified atom stereocenters. The lowest BCUT2D eigenvalue weighted by molar-refractivity contribution is 0.0745. The Morgan fingerprint density at radius 2 is 1.89 bits per heavy atom. The molecule has 3 aromatic heterocycles. The normalized spacial score (nSPS) is 14.2. The van der Waals surface area contributed by atoms with Crippen LogP contribution in [0.1, 0.15) is 21.7 Å². The number of hydrogen-bond acceptors (Lipinski definition) is 7. The van der Waals surface area contributed by atoms with Crippen LogP contribution in [0.15, 0.2) is 47.4 Å². The van der Waals surface area contributed by atoms with Gasteiger partial charge in [0.05, 0.1) is 11.8 Å². The van der Waals surface area contributed by atoms with Crippen LogP contribution in [0.5, 0.6) is 0 Å². The average molecular weight is 378 g/mol. The molecule has 1 aliphatic heterocycles. The maximum absolute atomic E-state index is 12.4. The topological polar surface area (TPSA) is 87.4 Å². The number of amides is 1. The summed E-state index contributed by atoms with van der Waals surface area (Å²) in [4.78, 5) is 29.8. The summed E-state index contributed by atoms with van der Waals surface area (Å²) in [7, 11) is 0. The molecule has 1 fully saturated rings. The Kier molecular flexibility index (Phi) is 4.92. The van der Waals surface area contributed by atoms with Gasteiger partial charge in [-0.15, -0.1) is 0 Å². The molecule has 0 saturated carbocycles. The van der Waals surface area contributed by atoms with Crippen LogP contribution in [0.4, 0.5) is 17.5 Å². The Balaban J connectivity index is 1.45. The third kappa shape index (κ3) is 3.95. The third-order valence-electron chi connectivity index (χ3n) is 4.66. The van der Waals surface area contributed by atoms with Crippen LogP contribution in [0.2, 0.25) is 0 Å². The molecule has 3 aromatic rings. The van der Waals surface area contributed by atoms with Crippen molar-refractivity contribution in [1.82, 2.24) is 19.9 Å². The maximum atomic E-state index is 12.4. The summed E-state index contributed by atoms with van der Waals surface area (Å²) in [5.74, 6) is 2.99. The van der Waals surface area contributed by atoms with E-state index >= 15 is 0 Å². The zero-order valence-corrected chi connectivity index (χ0v) is 15.9. The highest BCUT2D eigenvalue weighted by molar-refractivity contribution is 5.94. The minimum atomic E-state index is 0.000135. The van der Waals surface area contributed by atoms with Crippen LogP contribution in [-0.2, 0) is 0 Å². The summed E-state index contributed by atoms with van der Waals surface area (Å²) < 4.78 is 5.01. The molecule has 0 atom stereocenters. The SMILES string of the molecule is Cc1ccnc(Nc2cc(N3CCN(C(=O)c4ccoc4)CC3)nc(C)n2)c1. The van der Waals surface area contributed by atoms with E-state index in [0.717, 1.165) is 17.2 Å². The fourth-order valence-corrected chi connectivity index (χ4v) is 3.22. The Morgan fingerprint density at radius 1 is 1.07 bits per heavy atom. The summed E-state index contributed by atoms with van der Waals surface area (Å²) in [5, 5.41) is 3.25. The van der Waals surface area contributed by atoms with Crippen molar-refractivity contribution in [2.75, 3.05) is 36.4 Å². The van der Waals surface area contributed by atoms with Gasteiger partial charge in [0, 0.05) is 38.4 Å². The monoisotopic (exact) mass is 378 g/mol. The number of nitrogens with zero attached hydrogens (tertiary/aromatic N) is 5. The van der Waals surface area contributed by atoms with E-state index in [9.17, 15) is 4.79 Å². The van der Waals surface area contributed by atoms with Crippen molar-refractivity contribution in [3.63, 3.8) is 0 Å². The standard InChI is InChI=1S/C20H22N6O2/c1-14-3-5-21-17(11-14)24-18-12-19(23-15(2)22-18)25-6-8-26(9-7-25)20(27)16-4-10-28-13-16/h3-5,10-13H,6-9H2,1-2H3,(H,21,22,23,24). The smallest absolute Gasteiger partial charge is 0.257 e. The van der Waals surface area contributed by atoms with Crippen molar-refractivity contribution in [2.24, 2.45) is 0 Å². The predicted molar refractivity (Wildman–Crippen MR) is 106 cm³/mol. The van der Waals surface area contributed by atoms with E-state index < -0.39 is 0 Å². The van der Waals surface area contributed by atoms with Crippen LogP contribution >= 0.6 is 0 Å². The van der Waals surface area contributed by atoms with Gasteiger partial charge in [-0.3, -0.25) is 4.79 Å². The Morgan fingerprint density at radius 3 is 2.61 bits per heavy atom. The highest BCUT2D eigenvalue weighted by Gasteiger charge is 2.24. The summed E-state index contributed by atoms with van der Waals surface area (Å²) in [6, 6.07) is 7.54. The molecule has 8 heteroatoms. The van der Waals surface area contributed by atoms with Crippen LogP contribution in [0.25, 0.3) is 0 Å². The highest BCUT2D eigenvalue weighted by Crippen LogP contribution is 2.21. The molecule has 0 radical (unpaired) electrons. The first-order chi connectivity index (χ1) is 13.6. The Labute approximate surface area is 163 Å². The van der Waals surface area contributed by atoms with Gasteiger partial charge < -0.3 is 19.5 Å². The predicted octanol–water partition coefficient (Wildman–Crippen LogP) is 2.79. The lowest BCUT2D eigenvalue weighted by Gasteiger charge is -2.35. The number of aromatic nitrogens is 3. The van der Waals surface area contributed by atoms with E-state index in [4.69, 9.17) is 4.42 Å². The molecule has 1 amide bonds. The number of nitrogens with one attached hydrogen (secondary N) is 1. The van der Waals surface area contributed by atoms with Gasteiger partial charge in [0.1, 0.15) is 29.5 Å². The fraction of sp³-hybridized carbons (Fsp3) is 0.300. The number of hydrogen-bond donors (Lipinski definition) is 1. The summed E-state index contributed by atoms with van der Waals surface area (Å²) in [6.07, 6.45) is 4.77. The molecule has 4 heterocycles. The first kappa shape index (κ1) is 18.0. The van der Waals surface area contributed by atoms with E-state index in [1.807, 2.05) is 36.9 Å². The van der Waals surface area contributed by atoms with Crippen molar-refractivity contribution in [1.29, 1.82) is 0 Å². The lowest BCUT2D eigenvalue weighted by atomic mass is 10.2. The number of rotatable bonds is 4. The zero-order chi connectivity index (χ0) is 19.5. The number of carbonyl (C=O) groups excluding carboxylic acids is 1. The molecule has 28 heavy (non-hydrogen) atoms. The molecular weight excluding hydrogens is 356 g/mol. The van der Waals surface area contributed by atoms with Crippen LogP contribution in [-0.4, -0.2) is 51.9 Å². The van der Waals surface area contributed by atoms with Gasteiger partial charge in [0.2, 0.25) is 0 Å². The van der Waals surface area contributed by atoms with E-state index in [1.54, 1.807) is 12.3 Å². The van der Waals surface area contributed by atoms with E-state index in [1.165, 1.54) is 12.5 Å². The van der Waals surface area contributed by atoms with E-state index in [-0.39, 0.29) is 5.91 Å². The minimum absolute atomic E-state index is 0.000135. The van der Waals surface area contributed by atoms with Gasteiger partial charge >= 0.3 is 0 Å². The second kappa shape index (κ2) is 7.67. The van der Waals surface area contributed by atoms with Crippen molar-refractivity contribution >= 4 is 23.4 Å². The van der Waals surface area contributed by atoms with E-state index in [0.29, 0.717) is 43.4 Å². The number of anilines is 3. The molecule has 0 bridgehead atoms. The molecule has 0 aliphatic carbocycles. The Bertz CT molecular complexity index is 965. The average Bonchev–Trinajstić information content (AvgIpc) is 3.22. The van der Waals surface area contributed by atoms with E-state index in [2.05, 4.69) is 25.2 Å². The first-order valence-electron chi connectivity index (χ1n) is 9.20. The van der Waals surface area contributed by atoms with Crippen LogP contribution in [0, 0.1) is 13.8 Å². The second-order valence-electron chi connectivity index (χ2n) is 6.79. The van der Waals surface area contributed by atoms with Gasteiger partial charge in [-0.1, -0.05) is 0 Å². The van der Waals surface area contributed by atoms with Crippen LogP contribution in [0.3, 0.4) is 0 Å². The number of aryl methyl sites for hydroxylation is 2. The van der Waals surface area contributed by atoms with Crippen molar-refractivity contribution in [3.8, 4) is 0 Å². The quantitative estimate of drug-likeness (QED) is 0.747. The molecular formula is C20H22N6O2. The van der Waals surface area contributed by atoms with Crippen LogP contribution < -0.4 is 10.2 Å². The van der Waals surface area contributed by atoms with Gasteiger partial charge in [0.15, 0.2) is 0 Å². The van der Waals surface area contributed by atoms with Crippen molar-refractivity contribution in [3.05, 3.63) is 59.9 Å². The van der Waals surface area contributed by atoms with Crippen molar-refractivity contribution in [2.45, 2.75) is 13.8 Å². The van der Waals surface area contributed by atoms with Gasteiger partial charge in [-0.25, -0.2) is 15.0 Å². The molecule has 1 aliphatic rings. The second-order valence-corrected chi connectivity index (χ2v) is 6.79. The molecule has 8 nitrogen and oxygen atoms in total.